The molecule has 1 fully saturated rings. The van der Waals surface area contributed by atoms with E-state index >= 15 is 0 Å². The van der Waals surface area contributed by atoms with Crippen LogP contribution >= 0.6 is 0 Å². The van der Waals surface area contributed by atoms with Gasteiger partial charge in [-0.1, -0.05) is 42.5 Å². The van der Waals surface area contributed by atoms with Crippen LogP contribution in [0.25, 0.3) is 0 Å². The number of amides is 1. The molecule has 2 atom stereocenters. The maximum atomic E-state index is 13.2. The molecule has 2 aliphatic heterocycles. The topological polar surface area (TPSA) is 49.4 Å². The second-order valence-electron chi connectivity index (χ2n) is 6.99. The molecule has 5 rings (SSSR count). The second kappa shape index (κ2) is 4.26. The Morgan fingerprint density at radius 1 is 1.00 bits per heavy atom. The van der Waals surface area contributed by atoms with Crippen LogP contribution in [0.4, 0.5) is 5.69 Å². The first kappa shape index (κ1) is 13.8. The number of hydrogen-bond acceptors (Lipinski definition) is 3. The van der Waals surface area contributed by atoms with Crippen molar-refractivity contribution in [1.29, 1.82) is 0 Å². The van der Waals surface area contributed by atoms with Crippen LogP contribution in [0.1, 0.15) is 29.5 Å². The Balaban J connectivity index is 1.94. The van der Waals surface area contributed by atoms with Crippen LogP contribution in [0.15, 0.2) is 48.5 Å². The Morgan fingerprint density at radius 3 is 2.54 bits per heavy atom. The zero-order chi connectivity index (χ0) is 16.5. The van der Waals surface area contributed by atoms with Gasteiger partial charge in [0.25, 0.3) is 5.91 Å². The Morgan fingerprint density at radius 2 is 1.71 bits per heavy atom. The van der Waals surface area contributed by atoms with Crippen LogP contribution in [-0.4, -0.2) is 18.7 Å². The molecular formula is C20H18N2O2. The summed E-state index contributed by atoms with van der Waals surface area (Å²) in [5, 5.41) is 3.10. The molecule has 2 aromatic carbocycles. The van der Waals surface area contributed by atoms with Crippen LogP contribution in [0, 0.1) is 0 Å². The van der Waals surface area contributed by atoms with Gasteiger partial charge in [-0.05, 0) is 36.5 Å². The maximum Gasteiger partial charge on any atom is 0.290 e. The van der Waals surface area contributed by atoms with E-state index in [4.69, 9.17) is 0 Å². The van der Waals surface area contributed by atoms with Gasteiger partial charge >= 0.3 is 0 Å². The molecule has 0 saturated carbocycles. The predicted octanol–water partition coefficient (Wildman–Crippen LogP) is 2.26. The lowest BCUT2D eigenvalue weighted by molar-refractivity contribution is -0.137. The lowest BCUT2D eigenvalue weighted by Crippen LogP contribution is -2.59. The van der Waals surface area contributed by atoms with Crippen LogP contribution in [0.2, 0.25) is 0 Å². The molecule has 2 aromatic rings. The van der Waals surface area contributed by atoms with Gasteiger partial charge in [0.2, 0.25) is 5.78 Å². The Kier molecular flexibility index (Phi) is 2.45. The Labute approximate surface area is 140 Å². The summed E-state index contributed by atoms with van der Waals surface area (Å²) in [6.45, 7) is 0. The van der Waals surface area contributed by atoms with E-state index in [1.54, 1.807) is 0 Å². The molecule has 2 unspecified atom stereocenters. The molecule has 1 aliphatic carbocycles. The molecule has 4 heteroatoms. The summed E-state index contributed by atoms with van der Waals surface area (Å²) in [5.74, 6) is -0.760. The summed E-state index contributed by atoms with van der Waals surface area (Å²) in [6, 6.07) is 16.2. The normalized spacial score (nSPS) is 30.1. The highest BCUT2D eigenvalue weighted by molar-refractivity contribution is 6.43. The van der Waals surface area contributed by atoms with Crippen LogP contribution < -0.4 is 10.2 Å². The van der Waals surface area contributed by atoms with Gasteiger partial charge in [-0.3, -0.25) is 9.59 Å². The molecule has 0 bridgehead atoms. The number of nitrogens with one attached hydrogen (secondary N) is 1. The smallest absolute Gasteiger partial charge is 0.290 e. The van der Waals surface area contributed by atoms with Crippen LogP contribution in [0.5, 0.6) is 0 Å². The number of nitrogens with zero attached hydrogens (tertiary/aromatic N) is 1. The summed E-state index contributed by atoms with van der Waals surface area (Å²) in [5.41, 5.74) is 2.64. The van der Waals surface area contributed by atoms with Crippen molar-refractivity contribution in [3.8, 4) is 0 Å². The molecule has 1 saturated heterocycles. The van der Waals surface area contributed by atoms with Gasteiger partial charge in [0, 0.05) is 18.3 Å². The van der Waals surface area contributed by atoms with Crippen molar-refractivity contribution in [3.63, 3.8) is 0 Å². The first-order valence-corrected chi connectivity index (χ1v) is 8.41. The highest BCUT2D eigenvalue weighted by atomic mass is 16.2. The molecular weight excluding hydrogens is 300 g/mol. The number of carbonyl (C=O) groups excluding carboxylic acids is 2. The average Bonchev–Trinajstić information content (AvgIpc) is 2.89. The largest absolute Gasteiger partial charge is 0.347 e. The molecule has 0 spiro atoms. The van der Waals surface area contributed by atoms with E-state index < -0.39 is 17.0 Å². The standard InChI is InChI=1S/C20H18N2O2/c1-22-16-11-5-4-10-15(16)19-12-6-8-13-7-2-3-9-14(13)20(19,22)21-18(24)17(19)23/h2-5,7,9-11H,6,8,12H2,1H3,(H,21,24). The molecule has 2 heterocycles. The Bertz CT molecular complexity index is 906. The lowest BCUT2D eigenvalue weighted by atomic mass is 9.67. The van der Waals surface area contributed by atoms with Gasteiger partial charge in [-0.2, -0.15) is 0 Å². The fourth-order valence-corrected chi connectivity index (χ4v) is 5.22. The third kappa shape index (κ3) is 1.25. The highest BCUT2D eigenvalue weighted by Crippen LogP contribution is 2.61. The fraction of sp³-hybridized carbons (Fsp3) is 0.300. The van der Waals surface area contributed by atoms with E-state index in [-0.39, 0.29) is 5.78 Å². The molecule has 0 radical (unpaired) electrons. The number of ketones is 1. The molecule has 1 N–H and O–H groups in total. The van der Waals surface area contributed by atoms with E-state index in [9.17, 15) is 9.59 Å². The van der Waals surface area contributed by atoms with Gasteiger partial charge in [0.05, 0.1) is 0 Å². The van der Waals surface area contributed by atoms with Crippen LogP contribution in [0.3, 0.4) is 0 Å². The van der Waals surface area contributed by atoms with Gasteiger partial charge in [-0.25, -0.2) is 0 Å². The number of hydrogen-bond donors (Lipinski definition) is 1. The van der Waals surface area contributed by atoms with Crippen molar-refractivity contribution in [1.82, 2.24) is 5.32 Å². The number of likely N-dealkylation sites (N-methyl/N-ethyl adjacent to an activating group) is 1. The lowest BCUT2D eigenvalue weighted by Gasteiger charge is -2.43. The predicted molar refractivity (Wildman–Crippen MR) is 90.7 cm³/mol. The number of carbonyl (C=O) groups is 2. The maximum absolute atomic E-state index is 13.2. The fourth-order valence-electron chi connectivity index (χ4n) is 5.22. The van der Waals surface area contributed by atoms with Gasteiger partial charge < -0.3 is 10.2 Å². The zero-order valence-electron chi connectivity index (χ0n) is 13.5. The summed E-state index contributed by atoms with van der Waals surface area (Å²) in [7, 11) is 1.99. The van der Waals surface area contributed by atoms with Gasteiger partial charge in [0.15, 0.2) is 5.66 Å². The van der Waals surface area contributed by atoms with Crippen molar-refractivity contribution in [2.45, 2.75) is 30.3 Å². The SMILES string of the molecule is CN1c2ccccc2C23CCCc4ccccc4C12NC(=O)C3=O. The first-order chi connectivity index (χ1) is 11.6. The van der Waals surface area contributed by atoms with E-state index in [0.717, 1.165) is 29.7 Å². The molecule has 4 nitrogen and oxygen atoms in total. The summed E-state index contributed by atoms with van der Waals surface area (Å²) >= 11 is 0. The van der Waals surface area contributed by atoms with Crippen molar-refractivity contribution >= 4 is 17.4 Å². The minimum absolute atomic E-state index is 0.295. The molecule has 120 valence electrons. The van der Waals surface area contributed by atoms with E-state index in [0.29, 0.717) is 6.42 Å². The number of para-hydroxylation sites is 1. The average molecular weight is 318 g/mol. The number of benzene rings is 2. The summed E-state index contributed by atoms with van der Waals surface area (Å²) in [6.07, 6.45) is 2.50. The van der Waals surface area contributed by atoms with Crippen molar-refractivity contribution in [2.24, 2.45) is 0 Å². The monoisotopic (exact) mass is 318 g/mol. The third-order valence-corrected chi connectivity index (χ3v) is 6.14. The number of aryl methyl sites for hydroxylation is 1. The van der Waals surface area contributed by atoms with E-state index in [2.05, 4.69) is 22.3 Å². The van der Waals surface area contributed by atoms with E-state index in [1.165, 1.54) is 5.56 Å². The number of Topliss-reactive ketones (excluding diaryl/α,β-unsaturated/α-hetero) is 1. The van der Waals surface area contributed by atoms with E-state index in [1.807, 2.05) is 43.4 Å². The zero-order valence-corrected chi connectivity index (χ0v) is 13.5. The first-order valence-electron chi connectivity index (χ1n) is 8.41. The third-order valence-electron chi connectivity index (χ3n) is 6.14. The second-order valence-corrected chi connectivity index (χ2v) is 6.99. The number of anilines is 1. The minimum Gasteiger partial charge on any atom is -0.347 e. The summed E-state index contributed by atoms with van der Waals surface area (Å²) < 4.78 is 0. The van der Waals surface area contributed by atoms with Crippen molar-refractivity contribution < 1.29 is 9.59 Å². The highest BCUT2D eigenvalue weighted by Gasteiger charge is 2.72. The van der Waals surface area contributed by atoms with Crippen LogP contribution in [-0.2, 0) is 27.1 Å². The number of rotatable bonds is 0. The van der Waals surface area contributed by atoms with Gasteiger partial charge in [0.1, 0.15) is 5.41 Å². The van der Waals surface area contributed by atoms with Gasteiger partial charge in [-0.15, -0.1) is 0 Å². The van der Waals surface area contributed by atoms with Crippen molar-refractivity contribution in [3.05, 3.63) is 65.2 Å². The summed E-state index contributed by atoms with van der Waals surface area (Å²) in [4.78, 5) is 27.8. The molecule has 24 heavy (non-hydrogen) atoms. The molecule has 1 amide bonds. The quantitative estimate of drug-likeness (QED) is 0.758. The Hall–Kier alpha value is -2.62. The van der Waals surface area contributed by atoms with Crippen molar-refractivity contribution in [2.75, 3.05) is 11.9 Å². The molecule has 3 aliphatic rings. The molecule has 0 aromatic heterocycles. The number of fused-ring (bicyclic) bond motifs is 2. The minimum atomic E-state index is -0.831.